The van der Waals surface area contributed by atoms with Crippen LogP contribution in [-0.4, -0.2) is 57.4 Å². The van der Waals surface area contributed by atoms with E-state index in [0.29, 0.717) is 19.0 Å². The van der Waals surface area contributed by atoms with Gasteiger partial charge in [-0.05, 0) is 18.6 Å². The number of carboxylic acids is 1. The van der Waals surface area contributed by atoms with Crippen LogP contribution in [0.4, 0.5) is 0 Å². The number of aromatic carboxylic acids is 1. The lowest BCUT2D eigenvalue weighted by Gasteiger charge is -2.37. The molecule has 1 amide bonds. The van der Waals surface area contributed by atoms with Gasteiger partial charge in [0.15, 0.2) is 0 Å². The number of nitrogens with zero attached hydrogens (tertiary/aromatic N) is 3. The molecule has 6 heteroatoms. The van der Waals surface area contributed by atoms with Gasteiger partial charge in [-0.25, -0.2) is 9.78 Å². The fourth-order valence-electron chi connectivity index (χ4n) is 2.99. The number of carboxylic acid groups (broad SMARTS) is 1. The first-order chi connectivity index (χ1) is 9.63. The van der Waals surface area contributed by atoms with Crippen molar-refractivity contribution in [2.24, 2.45) is 0 Å². The zero-order valence-corrected chi connectivity index (χ0v) is 11.2. The molecule has 20 heavy (non-hydrogen) atoms. The highest BCUT2D eigenvalue weighted by molar-refractivity contribution is 5.85. The van der Waals surface area contributed by atoms with Crippen molar-refractivity contribution in [3.05, 3.63) is 29.6 Å². The molecule has 2 saturated heterocycles. The molecule has 1 N–H and O–H groups in total. The molecule has 106 valence electrons. The van der Waals surface area contributed by atoms with Gasteiger partial charge in [0.1, 0.15) is 5.69 Å². The highest BCUT2D eigenvalue weighted by Crippen LogP contribution is 2.23. The minimum atomic E-state index is -1.00. The summed E-state index contributed by atoms with van der Waals surface area (Å²) in [6.45, 7) is 3.08. The van der Waals surface area contributed by atoms with Gasteiger partial charge in [0.25, 0.3) is 0 Å². The number of pyridine rings is 1. The van der Waals surface area contributed by atoms with Gasteiger partial charge in [-0.15, -0.1) is 0 Å². The Morgan fingerprint density at radius 3 is 3.05 bits per heavy atom. The molecule has 0 radical (unpaired) electrons. The summed E-state index contributed by atoms with van der Waals surface area (Å²) >= 11 is 0. The zero-order chi connectivity index (χ0) is 14.1. The third-order valence-corrected chi connectivity index (χ3v) is 3.99. The molecule has 2 aliphatic heterocycles. The Hall–Kier alpha value is -1.95. The second-order valence-electron chi connectivity index (χ2n) is 5.33. The predicted molar refractivity (Wildman–Crippen MR) is 71.2 cm³/mol. The number of piperazine rings is 1. The summed E-state index contributed by atoms with van der Waals surface area (Å²) in [6.07, 6.45) is 1.59. The van der Waals surface area contributed by atoms with Crippen LogP contribution in [0.25, 0.3) is 0 Å². The molecule has 0 aromatic carbocycles. The van der Waals surface area contributed by atoms with Crippen LogP contribution in [0, 0.1) is 0 Å². The van der Waals surface area contributed by atoms with Crippen molar-refractivity contribution in [1.82, 2.24) is 14.8 Å². The smallest absolute Gasteiger partial charge is 0.354 e. The Morgan fingerprint density at radius 1 is 1.40 bits per heavy atom. The van der Waals surface area contributed by atoms with Gasteiger partial charge >= 0.3 is 5.97 Å². The molecule has 1 unspecified atom stereocenters. The topological polar surface area (TPSA) is 73.7 Å². The first kappa shape index (κ1) is 13.1. The second kappa shape index (κ2) is 5.20. The summed E-state index contributed by atoms with van der Waals surface area (Å²) in [6, 6.07) is 5.39. The van der Waals surface area contributed by atoms with Gasteiger partial charge < -0.3 is 10.0 Å². The van der Waals surface area contributed by atoms with Crippen LogP contribution in [0.2, 0.25) is 0 Å². The van der Waals surface area contributed by atoms with Crippen LogP contribution in [0.5, 0.6) is 0 Å². The summed E-state index contributed by atoms with van der Waals surface area (Å²) in [4.78, 5) is 30.9. The van der Waals surface area contributed by atoms with E-state index in [1.54, 1.807) is 6.07 Å². The van der Waals surface area contributed by atoms with Gasteiger partial charge in [-0.3, -0.25) is 9.69 Å². The van der Waals surface area contributed by atoms with Crippen molar-refractivity contribution in [3.8, 4) is 0 Å². The summed E-state index contributed by atoms with van der Waals surface area (Å²) in [7, 11) is 0. The maximum atomic E-state index is 11.6. The first-order valence-electron chi connectivity index (χ1n) is 6.84. The van der Waals surface area contributed by atoms with Crippen molar-refractivity contribution in [1.29, 1.82) is 0 Å². The Morgan fingerprint density at radius 2 is 2.25 bits per heavy atom. The van der Waals surface area contributed by atoms with Crippen molar-refractivity contribution < 1.29 is 14.7 Å². The largest absolute Gasteiger partial charge is 0.477 e. The lowest BCUT2D eigenvalue weighted by Crippen LogP contribution is -2.51. The molecule has 0 aliphatic carbocycles. The third kappa shape index (κ3) is 2.51. The van der Waals surface area contributed by atoms with Crippen molar-refractivity contribution >= 4 is 11.9 Å². The summed E-state index contributed by atoms with van der Waals surface area (Å²) in [5, 5.41) is 8.95. The number of carbonyl (C=O) groups is 2. The lowest BCUT2D eigenvalue weighted by molar-refractivity contribution is -0.130. The average Bonchev–Trinajstić information content (AvgIpc) is 2.80. The second-order valence-corrected chi connectivity index (χ2v) is 5.33. The van der Waals surface area contributed by atoms with Crippen molar-refractivity contribution in [2.45, 2.75) is 25.4 Å². The zero-order valence-electron chi connectivity index (χ0n) is 11.2. The van der Waals surface area contributed by atoms with Crippen LogP contribution in [0.1, 0.15) is 29.0 Å². The molecule has 1 atom stereocenters. The van der Waals surface area contributed by atoms with Gasteiger partial charge in [0.2, 0.25) is 5.91 Å². The van der Waals surface area contributed by atoms with E-state index < -0.39 is 5.97 Å². The maximum absolute atomic E-state index is 11.6. The minimum Gasteiger partial charge on any atom is -0.477 e. The van der Waals surface area contributed by atoms with E-state index in [9.17, 15) is 9.59 Å². The van der Waals surface area contributed by atoms with Gasteiger partial charge in [-0.1, -0.05) is 6.07 Å². The molecule has 0 bridgehead atoms. The summed E-state index contributed by atoms with van der Waals surface area (Å²) < 4.78 is 0. The van der Waals surface area contributed by atoms with Crippen LogP contribution < -0.4 is 0 Å². The SMILES string of the molecule is O=C(O)c1cccc(CN2CCN3C(=O)CCC3C2)n1. The minimum absolute atomic E-state index is 0.0807. The lowest BCUT2D eigenvalue weighted by atomic mass is 10.1. The molecular formula is C14H17N3O3. The van der Waals surface area contributed by atoms with E-state index in [2.05, 4.69) is 9.88 Å². The Balaban J connectivity index is 1.65. The highest BCUT2D eigenvalue weighted by Gasteiger charge is 2.35. The molecule has 1 aromatic heterocycles. The summed E-state index contributed by atoms with van der Waals surface area (Å²) in [5.74, 6) is -0.737. The number of hydrogen-bond donors (Lipinski definition) is 1. The predicted octanol–water partition coefficient (Wildman–Crippen LogP) is 0.586. The third-order valence-electron chi connectivity index (χ3n) is 3.99. The molecule has 6 nitrogen and oxygen atoms in total. The molecule has 3 heterocycles. The number of amides is 1. The molecule has 3 rings (SSSR count). The van der Waals surface area contributed by atoms with Crippen LogP contribution in [0.15, 0.2) is 18.2 Å². The van der Waals surface area contributed by atoms with Crippen LogP contribution in [0.3, 0.4) is 0 Å². The molecule has 1 aromatic rings. The van der Waals surface area contributed by atoms with Crippen molar-refractivity contribution in [3.63, 3.8) is 0 Å². The molecular weight excluding hydrogens is 258 g/mol. The number of carbonyl (C=O) groups excluding carboxylic acids is 1. The monoisotopic (exact) mass is 275 g/mol. The molecule has 0 spiro atoms. The van der Waals surface area contributed by atoms with E-state index in [-0.39, 0.29) is 11.6 Å². The molecule has 2 fully saturated rings. The van der Waals surface area contributed by atoms with Gasteiger partial charge in [0, 0.05) is 38.6 Å². The number of rotatable bonds is 3. The van der Waals surface area contributed by atoms with Crippen molar-refractivity contribution in [2.75, 3.05) is 19.6 Å². The fourth-order valence-corrected chi connectivity index (χ4v) is 2.99. The first-order valence-corrected chi connectivity index (χ1v) is 6.84. The van der Waals surface area contributed by atoms with Crippen LogP contribution in [-0.2, 0) is 11.3 Å². The normalized spacial score (nSPS) is 22.9. The highest BCUT2D eigenvalue weighted by atomic mass is 16.4. The standard InChI is InChI=1S/C14H17N3O3/c18-13-5-4-11-9-16(6-7-17(11)13)8-10-2-1-3-12(15-10)14(19)20/h1-3,11H,4-9H2,(H,19,20). The Kier molecular flexibility index (Phi) is 3.40. The van der Waals surface area contributed by atoms with Gasteiger partial charge in [-0.2, -0.15) is 0 Å². The van der Waals surface area contributed by atoms with E-state index in [1.807, 2.05) is 11.0 Å². The average molecular weight is 275 g/mol. The quantitative estimate of drug-likeness (QED) is 0.873. The Labute approximate surface area is 117 Å². The van der Waals surface area contributed by atoms with E-state index in [4.69, 9.17) is 5.11 Å². The summed E-state index contributed by atoms with van der Waals surface area (Å²) in [5.41, 5.74) is 0.847. The van der Waals surface area contributed by atoms with E-state index in [1.165, 1.54) is 6.07 Å². The Bertz CT molecular complexity index is 546. The van der Waals surface area contributed by atoms with E-state index >= 15 is 0 Å². The fraction of sp³-hybridized carbons (Fsp3) is 0.500. The number of hydrogen-bond acceptors (Lipinski definition) is 4. The van der Waals surface area contributed by atoms with Gasteiger partial charge in [0.05, 0.1) is 5.69 Å². The number of fused-ring (bicyclic) bond motifs is 1. The molecule has 2 aliphatic rings. The maximum Gasteiger partial charge on any atom is 0.354 e. The van der Waals surface area contributed by atoms with Crippen LogP contribution >= 0.6 is 0 Å². The molecule has 0 saturated carbocycles. The number of aromatic nitrogens is 1. The van der Waals surface area contributed by atoms with E-state index in [0.717, 1.165) is 31.7 Å².